The topological polar surface area (TPSA) is 45.9 Å². The molecule has 5 heteroatoms. The number of hydrogen-bond acceptors (Lipinski definition) is 5. The summed E-state index contributed by atoms with van der Waals surface area (Å²) >= 11 is 0. The number of rotatable bonds is 8. The molecular formula is C86H58N2O3. The molecule has 2 aliphatic carbocycles. The SMILES string of the molecule is CC1(C)c2ccccc2-c2ccc(N(c3ccc(-c4ccc5ccccc5c4)cc3)c3ccc4c(c3)oc3cc5c(cc34)oc3cc4c(cc35)oc3cc(N(c5ccc(-c6ccc7ccccc7c6)cc5)c5ccc6c(c5)C(C)(C)c5ccccc5-6)ccc34)cc21. The maximum atomic E-state index is 6.95. The van der Waals surface area contributed by atoms with Crippen LogP contribution in [-0.2, 0) is 10.8 Å². The van der Waals surface area contributed by atoms with Gasteiger partial charge in [0, 0.05) is 89.4 Å². The normalized spacial score (nSPS) is 13.7. The van der Waals surface area contributed by atoms with E-state index in [1.165, 1.54) is 88.3 Å². The zero-order valence-electron chi connectivity index (χ0n) is 50.7. The molecular weight excluding hydrogens is 1110 g/mol. The molecule has 3 aromatic heterocycles. The minimum absolute atomic E-state index is 0.164. The second-order valence-corrected chi connectivity index (χ2v) is 26.0. The summed E-state index contributed by atoms with van der Waals surface area (Å²) in [5, 5.41) is 10.9. The molecule has 3 heterocycles. The minimum Gasteiger partial charge on any atom is -0.456 e. The molecule has 0 atom stereocenters. The molecule has 17 aromatic rings. The zero-order valence-corrected chi connectivity index (χ0v) is 50.7. The Labute approximate surface area is 525 Å². The summed E-state index contributed by atoms with van der Waals surface area (Å²) in [6, 6.07) is 102. The number of anilines is 6. The average Bonchev–Trinajstić information content (AvgIpc) is 1.66. The molecule has 0 unspecified atom stereocenters. The van der Waals surface area contributed by atoms with Crippen LogP contribution in [0.2, 0.25) is 0 Å². The van der Waals surface area contributed by atoms with Gasteiger partial charge in [-0.05, 0) is 198 Å². The van der Waals surface area contributed by atoms with Crippen molar-refractivity contribution in [2.45, 2.75) is 38.5 Å². The molecule has 0 aliphatic heterocycles. The molecule has 0 N–H and O–H groups in total. The van der Waals surface area contributed by atoms with Crippen LogP contribution in [0.3, 0.4) is 0 Å². The van der Waals surface area contributed by atoms with Crippen LogP contribution in [0.1, 0.15) is 49.9 Å². The summed E-state index contributed by atoms with van der Waals surface area (Å²) in [5.74, 6) is 0. The first-order valence-corrected chi connectivity index (χ1v) is 31.5. The van der Waals surface area contributed by atoms with E-state index >= 15 is 0 Å². The number of benzene rings is 14. The predicted molar refractivity (Wildman–Crippen MR) is 379 cm³/mol. The van der Waals surface area contributed by atoms with Crippen LogP contribution in [0.4, 0.5) is 34.1 Å². The fourth-order valence-corrected chi connectivity index (χ4v) is 15.5. The van der Waals surface area contributed by atoms with E-state index in [9.17, 15) is 0 Å². The molecule has 91 heavy (non-hydrogen) atoms. The van der Waals surface area contributed by atoms with E-state index < -0.39 is 0 Å². The summed E-state index contributed by atoms with van der Waals surface area (Å²) in [5.41, 5.74) is 26.0. The van der Waals surface area contributed by atoms with Crippen LogP contribution in [0.25, 0.3) is 132 Å². The van der Waals surface area contributed by atoms with E-state index in [1.54, 1.807) is 0 Å². The van der Waals surface area contributed by atoms with Crippen molar-refractivity contribution in [3.8, 4) is 44.5 Å². The summed E-state index contributed by atoms with van der Waals surface area (Å²) < 4.78 is 20.7. The third-order valence-electron chi connectivity index (χ3n) is 20.2. The quantitative estimate of drug-likeness (QED) is 0.152. The Bertz CT molecular complexity index is 5550. The van der Waals surface area contributed by atoms with Gasteiger partial charge >= 0.3 is 0 Å². The Morgan fingerprint density at radius 2 is 0.527 bits per heavy atom. The lowest BCUT2D eigenvalue weighted by molar-refractivity contribution is 0.660. The van der Waals surface area contributed by atoms with Crippen LogP contribution < -0.4 is 9.80 Å². The Hall–Kier alpha value is -11.4. The van der Waals surface area contributed by atoms with Crippen LogP contribution in [0, 0.1) is 0 Å². The van der Waals surface area contributed by atoms with Crippen molar-refractivity contribution in [2.75, 3.05) is 9.80 Å². The van der Waals surface area contributed by atoms with Crippen molar-refractivity contribution in [1.29, 1.82) is 0 Å². The highest BCUT2D eigenvalue weighted by Gasteiger charge is 2.37. The maximum Gasteiger partial charge on any atom is 0.137 e. The highest BCUT2D eigenvalue weighted by Crippen LogP contribution is 2.53. The lowest BCUT2D eigenvalue weighted by Crippen LogP contribution is -2.16. The van der Waals surface area contributed by atoms with Gasteiger partial charge in [0.2, 0.25) is 0 Å². The van der Waals surface area contributed by atoms with Gasteiger partial charge in [0.25, 0.3) is 0 Å². The van der Waals surface area contributed by atoms with Gasteiger partial charge in [-0.2, -0.15) is 0 Å². The molecule has 0 fully saturated rings. The van der Waals surface area contributed by atoms with Gasteiger partial charge in [-0.15, -0.1) is 0 Å². The van der Waals surface area contributed by atoms with Gasteiger partial charge in [-0.1, -0.05) is 185 Å². The maximum absolute atomic E-state index is 6.95. The molecule has 14 aromatic carbocycles. The summed E-state index contributed by atoms with van der Waals surface area (Å²) in [6.07, 6.45) is 0. The van der Waals surface area contributed by atoms with E-state index in [1.807, 2.05) is 0 Å². The van der Waals surface area contributed by atoms with Crippen molar-refractivity contribution in [1.82, 2.24) is 0 Å². The predicted octanol–water partition coefficient (Wildman–Crippen LogP) is 24.6. The highest BCUT2D eigenvalue weighted by atomic mass is 16.3. The number of furan rings is 3. The standard InChI is InChI=1S/C86H58N2O3/c1-85(2)75-19-11-9-17-65(75)67-37-33-61(43-77(67)85)87(59-29-25-53(26-30-59)57-23-21-51-13-5-7-15-55(51)41-57)63-35-39-69-71-47-83-73(49-81(71)89-79(69)45-63)74-50-82-72(48-84(74)91-83)70-40-36-64(46-80(70)90-82)88(62-34-38-68-66-18-10-12-20-76(66)86(3,4)78(68)44-62)60-31-27-54(28-32-60)58-24-22-52-14-6-8-16-56(52)42-58/h5-50H,1-4H3. The molecule has 0 saturated carbocycles. The van der Waals surface area contributed by atoms with E-state index in [4.69, 9.17) is 13.3 Å². The summed E-state index contributed by atoms with van der Waals surface area (Å²) in [4.78, 5) is 4.73. The van der Waals surface area contributed by atoms with Crippen molar-refractivity contribution < 1.29 is 13.3 Å². The molecule has 2 aliphatic rings. The molecule has 0 bridgehead atoms. The molecule has 0 saturated heterocycles. The number of nitrogens with zero attached hydrogens (tertiary/aromatic N) is 2. The zero-order chi connectivity index (χ0) is 60.4. The first kappa shape index (κ1) is 51.6. The summed E-state index contributed by atoms with van der Waals surface area (Å²) in [7, 11) is 0. The van der Waals surface area contributed by atoms with E-state index in [2.05, 4.69) is 317 Å². The van der Waals surface area contributed by atoms with Crippen LogP contribution in [0.5, 0.6) is 0 Å². The van der Waals surface area contributed by atoms with Gasteiger partial charge < -0.3 is 23.1 Å². The highest BCUT2D eigenvalue weighted by molar-refractivity contribution is 6.19. The lowest BCUT2D eigenvalue weighted by Gasteiger charge is -2.28. The van der Waals surface area contributed by atoms with Gasteiger partial charge in [-0.3, -0.25) is 0 Å². The van der Waals surface area contributed by atoms with Gasteiger partial charge in [0.15, 0.2) is 0 Å². The minimum atomic E-state index is -0.164. The van der Waals surface area contributed by atoms with Crippen LogP contribution in [-0.4, -0.2) is 0 Å². The monoisotopic (exact) mass is 1170 g/mol. The molecule has 0 amide bonds. The van der Waals surface area contributed by atoms with E-state index in [0.717, 1.165) is 99.9 Å². The number of fused-ring (bicyclic) bond motifs is 17. The molecule has 0 radical (unpaired) electrons. The van der Waals surface area contributed by atoms with E-state index in [0.29, 0.717) is 0 Å². The summed E-state index contributed by atoms with van der Waals surface area (Å²) in [6.45, 7) is 9.38. The van der Waals surface area contributed by atoms with Crippen molar-refractivity contribution in [2.24, 2.45) is 0 Å². The largest absolute Gasteiger partial charge is 0.456 e. The fourth-order valence-electron chi connectivity index (χ4n) is 15.5. The van der Waals surface area contributed by atoms with Crippen molar-refractivity contribution >= 4 is 121 Å². The first-order chi connectivity index (χ1) is 44.5. The Morgan fingerprint density at radius 3 is 0.945 bits per heavy atom. The Kier molecular flexibility index (Phi) is 10.8. The Balaban J connectivity index is 0.695. The molecule has 5 nitrogen and oxygen atoms in total. The molecule has 19 rings (SSSR count). The van der Waals surface area contributed by atoms with Crippen molar-refractivity contribution in [3.05, 3.63) is 301 Å². The number of hydrogen-bond donors (Lipinski definition) is 0. The van der Waals surface area contributed by atoms with Gasteiger partial charge in [-0.25, -0.2) is 0 Å². The Morgan fingerprint density at radius 1 is 0.220 bits per heavy atom. The van der Waals surface area contributed by atoms with Crippen LogP contribution in [0.15, 0.2) is 292 Å². The second kappa shape index (κ2) is 19.1. The third kappa shape index (κ3) is 7.84. The average molecular weight is 1170 g/mol. The van der Waals surface area contributed by atoms with Crippen LogP contribution >= 0.6 is 0 Å². The third-order valence-corrected chi connectivity index (χ3v) is 20.2. The van der Waals surface area contributed by atoms with Crippen molar-refractivity contribution in [3.63, 3.8) is 0 Å². The fraction of sp³-hybridized carbons (Fsp3) is 0.0698. The lowest BCUT2D eigenvalue weighted by atomic mass is 9.82. The smallest absolute Gasteiger partial charge is 0.137 e. The van der Waals surface area contributed by atoms with E-state index in [-0.39, 0.29) is 10.8 Å². The first-order valence-electron chi connectivity index (χ1n) is 31.5. The molecule has 430 valence electrons. The van der Waals surface area contributed by atoms with Gasteiger partial charge in [0.1, 0.15) is 33.5 Å². The second-order valence-electron chi connectivity index (χ2n) is 26.0. The van der Waals surface area contributed by atoms with Gasteiger partial charge in [0.05, 0.1) is 0 Å². The molecule has 0 spiro atoms.